The Morgan fingerprint density at radius 3 is 2.69 bits per heavy atom. The van der Waals surface area contributed by atoms with E-state index < -0.39 is 5.97 Å². The smallest absolute Gasteiger partial charge is 0.348 e. The third-order valence-electron chi connectivity index (χ3n) is 4.34. The normalized spacial score (nSPS) is 10.9. The highest BCUT2D eigenvalue weighted by molar-refractivity contribution is 7.20. The van der Waals surface area contributed by atoms with Crippen LogP contribution in [0.5, 0.6) is 0 Å². The molecule has 2 aromatic heterocycles. The summed E-state index contributed by atoms with van der Waals surface area (Å²) in [5, 5.41) is 3.05. The van der Waals surface area contributed by atoms with Crippen LogP contribution < -0.4 is 10.9 Å². The van der Waals surface area contributed by atoms with Crippen LogP contribution in [0.4, 0.5) is 4.39 Å². The van der Waals surface area contributed by atoms with E-state index in [0.29, 0.717) is 33.6 Å². The molecule has 0 radical (unpaired) electrons. The van der Waals surface area contributed by atoms with Crippen molar-refractivity contribution in [1.82, 2.24) is 14.9 Å². The van der Waals surface area contributed by atoms with Crippen LogP contribution >= 0.6 is 11.3 Å². The maximum atomic E-state index is 12.9. The van der Waals surface area contributed by atoms with Gasteiger partial charge in [-0.1, -0.05) is 12.1 Å². The van der Waals surface area contributed by atoms with Crippen LogP contribution in [0.3, 0.4) is 0 Å². The number of aryl methyl sites for hydroxylation is 1. The van der Waals surface area contributed by atoms with Gasteiger partial charge < -0.3 is 10.1 Å². The van der Waals surface area contributed by atoms with Gasteiger partial charge in [-0.05, 0) is 43.5 Å². The molecule has 0 spiro atoms. The second kappa shape index (κ2) is 8.95. The topological polar surface area (TPSA) is 90.3 Å². The molecule has 29 heavy (non-hydrogen) atoms. The number of aromatic nitrogens is 2. The van der Waals surface area contributed by atoms with Gasteiger partial charge in [0.15, 0.2) is 0 Å². The molecule has 1 N–H and O–H groups in total. The molecule has 0 unspecified atom stereocenters. The van der Waals surface area contributed by atoms with Crippen molar-refractivity contribution in [3.05, 3.63) is 62.8 Å². The van der Waals surface area contributed by atoms with Gasteiger partial charge in [-0.25, -0.2) is 14.2 Å². The summed E-state index contributed by atoms with van der Waals surface area (Å²) in [5.41, 5.74) is 1.02. The van der Waals surface area contributed by atoms with Gasteiger partial charge in [0.05, 0.1) is 18.3 Å². The van der Waals surface area contributed by atoms with Gasteiger partial charge in [0.25, 0.3) is 5.56 Å². The fourth-order valence-corrected chi connectivity index (χ4v) is 3.90. The highest BCUT2D eigenvalue weighted by Crippen LogP contribution is 2.27. The summed E-state index contributed by atoms with van der Waals surface area (Å²) in [6, 6.07) is 6.05. The molecule has 2 heterocycles. The van der Waals surface area contributed by atoms with Crippen molar-refractivity contribution in [2.75, 3.05) is 13.2 Å². The van der Waals surface area contributed by atoms with Crippen LogP contribution in [0.1, 0.15) is 27.7 Å². The number of carbonyl (C=O) groups excluding carboxylic acids is 2. The van der Waals surface area contributed by atoms with E-state index >= 15 is 0 Å². The lowest BCUT2D eigenvalue weighted by Crippen LogP contribution is -2.33. The lowest BCUT2D eigenvalue weighted by molar-refractivity contribution is -0.121. The van der Waals surface area contributed by atoms with Crippen molar-refractivity contribution < 1.29 is 18.7 Å². The number of hydrogen-bond donors (Lipinski definition) is 1. The van der Waals surface area contributed by atoms with E-state index in [2.05, 4.69) is 10.3 Å². The standard InChI is InChI=1S/C20H20FN3O4S/c1-3-28-20(27)17-12(2)16-18(29-17)23-11-24(19(16)26)10-15(25)22-9-8-13-4-6-14(21)7-5-13/h4-7,11H,3,8-10H2,1-2H3,(H,22,25). The van der Waals surface area contributed by atoms with Gasteiger partial charge in [0.1, 0.15) is 22.1 Å². The summed E-state index contributed by atoms with van der Waals surface area (Å²) in [6.07, 6.45) is 1.85. The fourth-order valence-electron chi connectivity index (χ4n) is 2.87. The molecule has 9 heteroatoms. The van der Waals surface area contributed by atoms with Gasteiger partial charge in [-0.15, -0.1) is 11.3 Å². The predicted molar refractivity (Wildman–Crippen MR) is 108 cm³/mol. The number of carbonyl (C=O) groups is 2. The van der Waals surface area contributed by atoms with Crippen molar-refractivity contribution in [2.24, 2.45) is 0 Å². The number of halogens is 1. The Balaban J connectivity index is 1.69. The molecule has 0 atom stereocenters. The molecule has 7 nitrogen and oxygen atoms in total. The Bertz CT molecular complexity index is 1110. The second-order valence-electron chi connectivity index (χ2n) is 6.36. The molecular weight excluding hydrogens is 397 g/mol. The molecule has 1 aromatic carbocycles. The quantitative estimate of drug-likeness (QED) is 0.597. The zero-order valence-corrected chi connectivity index (χ0v) is 16.8. The average Bonchev–Trinajstić information content (AvgIpc) is 3.03. The van der Waals surface area contributed by atoms with E-state index in [1.807, 2.05) is 0 Å². The molecule has 0 saturated carbocycles. The fraction of sp³-hybridized carbons (Fsp3) is 0.300. The molecular formula is C20H20FN3O4S. The first kappa shape index (κ1) is 20.7. The lowest BCUT2D eigenvalue weighted by atomic mass is 10.1. The molecule has 0 fully saturated rings. The van der Waals surface area contributed by atoms with Crippen LogP contribution in [0.2, 0.25) is 0 Å². The highest BCUT2D eigenvalue weighted by atomic mass is 32.1. The molecule has 3 rings (SSSR count). The predicted octanol–water partition coefficient (Wildman–Crippen LogP) is 2.44. The second-order valence-corrected chi connectivity index (χ2v) is 7.36. The number of rotatable bonds is 7. The number of fused-ring (bicyclic) bond motifs is 1. The number of nitrogens with zero attached hydrogens (tertiary/aromatic N) is 2. The summed E-state index contributed by atoms with van der Waals surface area (Å²) in [4.78, 5) is 42.0. The average molecular weight is 417 g/mol. The molecule has 0 bridgehead atoms. The zero-order chi connectivity index (χ0) is 21.0. The summed E-state index contributed by atoms with van der Waals surface area (Å²) in [5.74, 6) is -1.14. The van der Waals surface area contributed by atoms with Crippen LogP contribution in [0.15, 0.2) is 35.4 Å². The zero-order valence-electron chi connectivity index (χ0n) is 16.0. The van der Waals surface area contributed by atoms with Crippen molar-refractivity contribution in [3.8, 4) is 0 Å². The van der Waals surface area contributed by atoms with Gasteiger partial charge >= 0.3 is 5.97 Å². The van der Waals surface area contributed by atoms with Crippen molar-refractivity contribution >= 4 is 33.4 Å². The minimum atomic E-state index is -0.488. The van der Waals surface area contributed by atoms with E-state index in [1.165, 1.54) is 23.0 Å². The van der Waals surface area contributed by atoms with Gasteiger partial charge in [-0.2, -0.15) is 0 Å². The number of esters is 1. The third-order valence-corrected chi connectivity index (χ3v) is 5.52. The molecule has 3 aromatic rings. The first-order valence-electron chi connectivity index (χ1n) is 9.07. The van der Waals surface area contributed by atoms with E-state index in [1.54, 1.807) is 26.0 Å². The minimum absolute atomic E-state index is 0.185. The van der Waals surface area contributed by atoms with Crippen LogP contribution in [-0.2, 0) is 22.5 Å². The summed E-state index contributed by atoms with van der Waals surface area (Å²) >= 11 is 1.10. The molecule has 0 aliphatic heterocycles. The first-order valence-corrected chi connectivity index (χ1v) is 9.89. The van der Waals surface area contributed by atoms with Crippen molar-refractivity contribution in [3.63, 3.8) is 0 Å². The van der Waals surface area contributed by atoms with Gasteiger partial charge in [0, 0.05) is 6.54 Å². The minimum Gasteiger partial charge on any atom is -0.462 e. The Labute approximate surface area is 170 Å². The molecule has 0 saturated heterocycles. The maximum absolute atomic E-state index is 12.9. The SMILES string of the molecule is CCOC(=O)c1sc2ncn(CC(=O)NCCc3ccc(F)cc3)c(=O)c2c1C. The summed E-state index contributed by atoms with van der Waals surface area (Å²) in [6.45, 7) is 3.79. The van der Waals surface area contributed by atoms with Crippen LogP contribution in [0.25, 0.3) is 10.2 Å². The maximum Gasteiger partial charge on any atom is 0.348 e. The monoisotopic (exact) mass is 417 g/mol. The highest BCUT2D eigenvalue weighted by Gasteiger charge is 2.20. The number of amides is 1. The number of hydrogen-bond acceptors (Lipinski definition) is 6. The summed E-state index contributed by atoms with van der Waals surface area (Å²) in [7, 11) is 0. The van der Waals surface area contributed by atoms with Crippen LogP contribution in [0, 0.1) is 12.7 Å². The van der Waals surface area contributed by atoms with E-state index in [4.69, 9.17) is 4.74 Å². The summed E-state index contributed by atoms with van der Waals surface area (Å²) < 4.78 is 19.1. The lowest BCUT2D eigenvalue weighted by Gasteiger charge is -2.07. The molecule has 0 aliphatic carbocycles. The third kappa shape index (κ3) is 4.68. The van der Waals surface area contributed by atoms with Crippen molar-refractivity contribution in [2.45, 2.75) is 26.8 Å². The van der Waals surface area contributed by atoms with Gasteiger partial charge in [0.2, 0.25) is 5.91 Å². The largest absolute Gasteiger partial charge is 0.462 e. The molecule has 0 aliphatic rings. The van der Waals surface area contributed by atoms with Crippen LogP contribution in [-0.4, -0.2) is 34.6 Å². The number of thiophene rings is 1. The first-order chi connectivity index (χ1) is 13.9. The Morgan fingerprint density at radius 2 is 2.00 bits per heavy atom. The van der Waals surface area contributed by atoms with E-state index in [-0.39, 0.29) is 30.4 Å². The Kier molecular flexibility index (Phi) is 6.38. The Morgan fingerprint density at radius 1 is 1.28 bits per heavy atom. The van der Waals surface area contributed by atoms with Gasteiger partial charge in [-0.3, -0.25) is 14.2 Å². The molecule has 1 amide bonds. The number of benzene rings is 1. The van der Waals surface area contributed by atoms with E-state index in [9.17, 15) is 18.8 Å². The number of ether oxygens (including phenoxy) is 1. The van der Waals surface area contributed by atoms with Crippen molar-refractivity contribution in [1.29, 1.82) is 0 Å². The number of nitrogens with one attached hydrogen (secondary N) is 1. The molecule has 152 valence electrons. The van der Waals surface area contributed by atoms with E-state index in [0.717, 1.165) is 16.9 Å². The Hall–Kier alpha value is -3.07.